The first-order valence-electron chi connectivity index (χ1n) is 9.21. The number of halogens is 5. The molecule has 0 atom stereocenters. The van der Waals surface area contributed by atoms with E-state index >= 15 is 0 Å². The van der Waals surface area contributed by atoms with E-state index in [1.54, 1.807) is 20.8 Å². The van der Waals surface area contributed by atoms with Gasteiger partial charge in [-0.1, -0.05) is 56.1 Å². The van der Waals surface area contributed by atoms with Crippen molar-refractivity contribution in [3.05, 3.63) is 57.7 Å². The molecule has 3 rings (SSSR count). The lowest BCUT2D eigenvalue weighted by Crippen LogP contribution is -2.28. The van der Waals surface area contributed by atoms with Gasteiger partial charge in [0.2, 0.25) is 0 Å². The van der Waals surface area contributed by atoms with Crippen LogP contribution in [0.4, 0.5) is 13.2 Å². The van der Waals surface area contributed by atoms with Crippen LogP contribution in [0.5, 0.6) is 5.75 Å². The molecule has 0 aliphatic carbocycles. The standard InChI is InChI=1S/C21H16Cl2F3NO5S/c1-20(2,3)18-16(19(28)29)14(10-5-4-6-11(22)9-10)15-13(27-18)8-7-12(23)17(15)32-33(30,31)21(24,25)26/h4-9H,1-3H3,(H,28,29). The van der Waals surface area contributed by atoms with Gasteiger partial charge < -0.3 is 9.29 Å². The Hall–Kier alpha value is -2.56. The number of carbonyl (C=O) groups is 1. The minimum Gasteiger partial charge on any atom is -0.478 e. The van der Waals surface area contributed by atoms with Crippen LogP contribution in [0.2, 0.25) is 10.0 Å². The Balaban J connectivity index is 2.60. The average Bonchev–Trinajstić information content (AvgIpc) is 2.67. The molecule has 0 bridgehead atoms. The van der Waals surface area contributed by atoms with E-state index in [1.807, 2.05) is 0 Å². The van der Waals surface area contributed by atoms with Gasteiger partial charge in [0.25, 0.3) is 0 Å². The fourth-order valence-corrected chi connectivity index (χ4v) is 4.14. The number of carboxylic acids is 1. The molecule has 0 radical (unpaired) electrons. The molecule has 1 heterocycles. The third kappa shape index (κ3) is 4.73. The molecule has 33 heavy (non-hydrogen) atoms. The summed E-state index contributed by atoms with van der Waals surface area (Å²) in [6, 6.07) is 8.33. The monoisotopic (exact) mass is 521 g/mol. The lowest BCUT2D eigenvalue weighted by atomic mass is 9.83. The number of aromatic nitrogens is 1. The molecule has 0 unspecified atom stereocenters. The maximum absolute atomic E-state index is 13.1. The van der Waals surface area contributed by atoms with Crippen LogP contribution >= 0.6 is 23.2 Å². The van der Waals surface area contributed by atoms with Crippen molar-refractivity contribution in [3.63, 3.8) is 0 Å². The van der Waals surface area contributed by atoms with E-state index in [4.69, 9.17) is 23.2 Å². The average molecular weight is 522 g/mol. The Morgan fingerprint density at radius 1 is 1.09 bits per heavy atom. The Kier molecular flexibility index (Phi) is 6.33. The number of hydrogen-bond donors (Lipinski definition) is 1. The molecule has 0 aliphatic rings. The van der Waals surface area contributed by atoms with Crippen LogP contribution in [0.25, 0.3) is 22.0 Å². The van der Waals surface area contributed by atoms with E-state index in [0.29, 0.717) is 0 Å². The summed E-state index contributed by atoms with van der Waals surface area (Å²) in [5.41, 5.74) is -6.75. The highest BCUT2D eigenvalue weighted by molar-refractivity contribution is 7.88. The molecule has 0 saturated carbocycles. The first-order chi connectivity index (χ1) is 15.0. The second-order valence-corrected chi connectivity index (χ2v) is 10.4. The maximum Gasteiger partial charge on any atom is 0.534 e. The first-order valence-corrected chi connectivity index (χ1v) is 11.4. The number of rotatable bonds is 4. The van der Waals surface area contributed by atoms with Crippen molar-refractivity contribution in [1.82, 2.24) is 4.98 Å². The number of carboxylic acid groups (broad SMARTS) is 1. The van der Waals surface area contributed by atoms with Gasteiger partial charge in [0.15, 0.2) is 5.75 Å². The zero-order valence-corrected chi connectivity index (χ0v) is 19.6. The van der Waals surface area contributed by atoms with Gasteiger partial charge in [-0.15, -0.1) is 0 Å². The third-order valence-electron chi connectivity index (χ3n) is 4.57. The Labute approximate surface area is 197 Å². The molecule has 0 aliphatic heterocycles. The van der Waals surface area contributed by atoms with Crippen LogP contribution in [-0.4, -0.2) is 30.0 Å². The molecule has 0 fully saturated rings. The SMILES string of the molecule is CC(C)(C)c1nc2ccc(Cl)c(OS(=O)(=O)C(F)(F)F)c2c(-c2cccc(Cl)c2)c1C(=O)O. The number of alkyl halides is 3. The third-order valence-corrected chi connectivity index (χ3v) is 6.06. The highest BCUT2D eigenvalue weighted by Crippen LogP contribution is 2.45. The molecule has 176 valence electrons. The highest BCUT2D eigenvalue weighted by atomic mass is 35.5. The van der Waals surface area contributed by atoms with Crippen molar-refractivity contribution in [3.8, 4) is 16.9 Å². The van der Waals surface area contributed by atoms with E-state index < -0.39 is 37.8 Å². The minimum atomic E-state index is -6.13. The van der Waals surface area contributed by atoms with Crippen LogP contribution in [-0.2, 0) is 15.5 Å². The summed E-state index contributed by atoms with van der Waals surface area (Å²) < 4.78 is 67.2. The zero-order chi connectivity index (χ0) is 24.9. The fourth-order valence-electron chi connectivity index (χ4n) is 3.22. The summed E-state index contributed by atoms with van der Waals surface area (Å²) in [7, 11) is -6.13. The molecule has 0 spiro atoms. The van der Waals surface area contributed by atoms with Gasteiger partial charge >= 0.3 is 21.6 Å². The van der Waals surface area contributed by atoms with Crippen molar-refractivity contribution in [2.24, 2.45) is 0 Å². The molecular formula is C21H16Cl2F3NO5S. The lowest BCUT2D eigenvalue weighted by Gasteiger charge is -2.24. The summed E-state index contributed by atoms with van der Waals surface area (Å²) >= 11 is 12.1. The van der Waals surface area contributed by atoms with Crippen LogP contribution in [0, 0.1) is 0 Å². The largest absolute Gasteiger partial charge is 0.534 e. The molecule has 1 N–H and O–H groups in total. The van der Waals surface area contributed by atoms with E-state index in [0.717, 1.165) is 6.07 Å². The maximum atomic E-state index is 13.1. The normalized spacial score (nSPS) is 12.7. The van der Waals surface area contributed by atoms with E-state index in [1.165, 1.54) is 30.3 Å². The molecule has 2 aromatic carbocycles. The smallest absolute Gasteiger partial charge is 0.478 e. The highest BCUT2D eigenvalue weighted by Gasteiger charge is 2.49. The van der Waals surface area contributed by atoms with E-state index in [2.05, 4.69) is 9.17 Å². The van der Waals surface area contributed by atoms with Crippen LogP contribution in [0.15, 0.2) is 36.4 Å². The predicted molar refractivity (Wildman–Crippen MR) is 118 cm³/mol. The number of benzene rings is 2. The van der Waals surface area contributed by atoms with E-state index in [-0.39, 0.29) is 38.3 Å². The number of aromatic carboxylic acids is 1. The molecular weight excluding hydrogens is 506 g/mol. The first kappa shape index (κ1) is 25.1. The van der Waals surface area contributed by atoms with Gasteiger partial charge in [-0.05, 0) is 29.8 Å². The van der Waals surface area contributed by atoms with Crippen molar-refractivity contribution in [2.45, 2.75) is 31.7 Å². The van der Waals surface area contributed by atoms with Gasteiger partial charge in [-0.2, -0.15) is 21.6 Å². The number of pyridine rings is 1. The van der Waals surface area contributed by atoms with E-state index in [9.17, 15) is 31.5 Å². The molecule has 3 aromatic rings. The minimum absolute atomic E-state index is 0.0170. The number of hydrogen-bond acceptors (Lipinski definition) is 5. The Morgan fingerprint density at radius 3 is 2.24 bits per heavy atom. The van der Waals surface area contributed by atoms with Gasteiger partial charge in [0.05, 0.1) is 27.2 Å². The van der Waals surface area contributed by atoms with Crippen LogP contribution in [0.3, 0.4) is 0 Å². The lowest BCUT2D eigenvalue weighted by molar-refractivity contribution is -0.0499. The summed E-state index contributed by atoms with van der Waals surface area (Å²) in [6.07, 6.45) is 0. The van der Waals surface area contributed by atoms with Gasteiger partial charge in [-0.25, -0.2) is 4.79 Å². The molecule has 12 heteroatoms. The van der Waals surface area contributed by atoms with Gasteiger partial charge in [-0.3, -0.25) is 4.98 Å². The predicted octanol–water partition coefficient (Wildman–Crippen LogP) is 6.43. The van der Waals surface area contributed by atoms with Crippen molar-refractivity contribution >= 4 is 50.2 Å². The molecule has 1 aromatic heterocycles. The zero-order valence-electron chi connectivity index (χ0n) is 17.3. The topological polar surface area (TPSA) is 93.6 Å². The van der Waals surface area contributed by atoms with Gasteiger partial charge in [0.1, 0.15) is 0 Å². The van der Waals surface area contributed by atoms with Crippen LogP contribution in [0.1, 0.15) is 36.8 Å². The Morgan fingerprint density at radius 2 is 1.73 bits per heavy atom. The molecule has 6 nitrogen and oxygen atoms in total. The molecule has 0 amide bonds. The quantitative estimate of drug-likeness (QED) is 0.314. The second-order valence-electron chi connectivity index (χ2n) is 8.03. The van der Waals surface area contributed by atoms with Crippen molar-refractivity contribution < 1.29 is 35.7 Å². The Bertz CT molecular complexity index is 1380. The fraction of sp³-hybridized carbons (Fsp3) is 0.238. The van der Waals surface area contributed by atoms with Gasteiger partial charge in [0, 0.05) is 16.0 Å². The summed E-state index contributed by atoms with van der Waals surface area (Å²) in [4.78, 5) is 16.7. The van der Waals surface area contributed by atoms with Crippen molar-refractivity contribution in [2.75, 3.05) is 0 Å². The number of nitrogens with zero attached hydrogens (tertiary/aromatic N) is 1. The summed E-state index contributed by atoms with van der Waals surface area (Å²) in [5, 5.41) is 9.48. The summed E-state index contributed by atoms with van der Waals surface area (Å²) in [5.74, 6) is -2.33. The number of fused-ring (bicyclic) bond motifs is 1. The summed E-state index contributed by atoms with van der Waals surface area (Å²) in [6.45, 7) is 5.12. The molecule has 0 saturated heterocycles. The van der Waals surface area contributed by atoms with Crippen molar-refractivity contribution in [1.29, 1.82) is 0 Å². The second kappa shape index (κ2) is 8.34. The van der Waals surface area contributed by atoms with Crippen LogP contribution < -0.4 is 4.18 Å².